The first-order valence-corrected chi connectivity index (χ1v) is 11.2. The summed E-state index contributed by atoms with van der Waals surface area (Å²) in [4.78, 5) is 24.9. The molecule has 4 aromatic rings. The van der Waals surface area contributed by atoms with Crippen LogP contribution in [-0.4, -0.2) is 34.5 Å². The van der Waals surface area contributed by atoms with Crippen molar-refractivity contribution in [2.75, 3.05) is 0 Å². The molecule has 0 aliphatic heterocycles. The fourth-order valence-corrected chi connectivity index (χ4v) is 2.80. The summed E-state index contributed by atoms with van der Waals surface area (Å²) in [5.41, 5.74) is 2.85. The van der Waals surface area contributed by atoms with Crippen molar-refractivity contribution in [2.24, 2.45) is 7.05 Å². The third kappa shape index (κ3) is 7.61. The Hall–Kier alpha value is -3.88. The first kappa shape index (κ1) is 24.8. The normalized spacial score (nSPS) is 10.7. The summed E-state index contributed by atoms with van der Waals surface area (Å²) in [7, 11) is 1.94. The Balaban J connectivity index is 0.000000191. The van der Waals surface area contributed by atoms with E-state index in [0.29, 0.717) is 36.8 Å². The van der Waals surface area contributed by atoms with Crippen molar-refractivity contribution >= 4 is 0 Å². The summed E-state index contributed by atoms with van der Waals surface area (Å²) in [5.74, 6) is 2.79. The number of aryl methyl sites for hydroxylation is 1. The van der Waals surface area contributed by atoms with Crippen LogP contribution in [0.1, 0.15) is 62.4 Å². The van der Waals surface area contributed by atoms with Gasteiger partial charge in [-0.15, -0.1) is 0 Å². The third-order valence-electron chi connectivity index (χ3n) is 4.87. The van der Waals surface area contributed by atoms with Crippen LogP contribution in [0.3, 0.4) is 0 Å². The average molecular weight is 462 g/mol. The number of pyridine rings is 1. The van der Waals surface area contributed by atoms with Gasteiger partial charge >= 0.3 is 0 Å². The summed E-state index contributed by atoms with van der Waals surface area (Å²) in [6.45, 7) is 9.19. The predicted octanol–water partition coefficient (Wildman–Crippen LogP) is 4.49. The van der Waals surface area contributed by atoms with Gasteiger partial charge in [0.2, 0.25) is 11.8 Å². The van der Waals surface area contributed by atoms with Gasteiger partial charge in [-0.05, 0) is 24.0 Å². The molecule has 0 amide bonds. The number of hydrogen-bond donors (Lipinski definition) is 0. The molecule has 0 radical (unpaired) electrons. The molecule has 0 atom stereocenters. The zero-order valence-electron chi connectivity index (χ0n) is 20.3. The fourth-order valence-electron chi connectivity index (χ4n) is 2.80. The van der Waals surface area contributed by atoms with Crippen LogP contribution in [0.15, 0.2) is 61.6 Å². The van der Waals surface area contributed by atoms with Gasteiger partial charge in [-0.25, -0.2) is 24.9 Å². The second-order valence-corrected chi connectivity index (χ2v) is 8.22. The fraction of sp³-hybridized carbons (Fsp3) is 0.360. The molecule has 0 bridgehead atoms. The van der Waals surface area contributed by atoms with Crippen molar-refractivity contribution in [3.05, 3.63) is 84.5 Å². The molecule has 0 aromatic carbocycles. The summed E-state index contributed by atoms with van der Waals surface area (Å²) in [5, 5.41) is 0. The minimum atomic E-state index is 0.369. The van der Waals surface area contributed by atoms with Gasteiger partial charge in [0.1, 0.15) is 31.7 Å². The number of rotatable bonds is 8. The highest BCUT2D eigenvalue weighted by atomic mass is 16.5. The Morgan fingerprint density at radius 2 is 1.35 bits per heavy atom. The molecule has 0 saturated heterocycles. The molecule has 0 fully saturated rings. The van der Waals surface area contributed by atoms with Crippen LogP contribution >= 0.6 is 0 Å². The first-order chi connectivity index (χ1) is 16.4. The lowest BCUT2D eigenvalue weighted by molar-refractivity contribution is 0.279. The van der Waals surface area contributed by atoms with Gasteiger partial charge in [0.05, 0.1) is 17.1 Å². The van der Waals surface area contributed by atoms with Crippen LogP contribution in [0.5, 0.6) is 11.8 Å². The Bertz CT molecular complexity index is 1150. The predicted molar refractivity (Wildman–Crippen MR) is 128 cm³/mol. The molecule has 0 unspecified atom stereocenters. The Morgan fingerprint density at radius 3 is 1.85 bits per heavy atom. The Labute approximate surface area is 200 Å². The van der Waals surface area contributed by atoms with Gasteiger partial charge in [0.15, 0.2) is 0 Å². The van der Waals surface area contributed by atoms with Crippen LogP contribution in [-0.2, 0) is 20.3 Å². The molecule has 178 valence electrons. The average Bonchev–Trinajstić information content (AvgIpc) is 3.27. The second-order valence-electron chi connectivity index (χ2n) is 8.22. The maximum Gasteiger partial charge on any atom is 0.216 e. The SMILES string of the molecule is CC(C)c1cc(OCc2ccccn2)ncn1.CC(C)c1cc(OCc2nccn2C)ncn1. The maximum absolute atomic E-state index is 5.59. The number of aromatic nitrogens is 7. The number of ether oxygens (including phenoxy) is 2. The molecule has 9 nitrogen and oxygen atoms in total. The molecule has 0 N–H and O–H groups in total. The van der Waals surface area contributed by atoms with Crippen molar-refractivity contribution in [1.29, 1.82) is 0 Å². The molecule has 4 aromatic heterocycles. The van der Waals surface area contributed by atoms with Gasteiger partial charge in [-0.3, -0.25) is 4.98 Å². The van der Waals surface area contributed by atoms with E-state index in [2.05, 4.69) is 57.6 Å². The maximum atomic E-state index is 5.59. The summed E-state index contributed by atoms with van der Waals surface area (Å²) in [6.07, 6.45) is 8.45. The minimum absolute atomic E-state index is 0.369. The highest BCUT2D eigenvalue weighted by Gasteiger charge is 2.06. The number of imidazole rings is 1. The monoisotopic (exact) mass is 461 g/mol. The highest BCUT2D eigenvalue weighted by Crippen LogP contribution is 2.16. The van der Waals surface area contributed by atoms with E-state index in [4.69, 9.17) is 9.47 Å². The zero-order valence-corrected chi connectivity index (χ0v) is 20.3. The largest absolute Gasteiger partial charge is 0.471 e. The van der Waals surface area contributed by atoms with Crippen molar-refractivity contribution in [3.63, 3.8) is 0 Å². The molecular formula is C25H31N7O2. The van der Waals surface area contributed by atoms with E-state index < -0.39 is 0 Å². The summed E-state index contributed by atoms with van der Waals surface area (Å²) >= 11 is 0. The molecule has 0 saturated carbocycles. The van der Waals surface area contributed by atoms with Crippen LogP contribution in [0.2, 0.25) is 0 Å². The van der Waals surface area contributed by atoms with E-state index in [-0.39, 0.29) is 0 Å². The molecular weight excluding hydrogens is 430 g/mol. The van der Waals surface area contributed by atoms with E-state index in [0.717, 1.165) is 22.9 Å². The standard InChI is InChI=1S/C13H15N3O.C12H16N4O/c1-10(2)12-7-13(16-9-15-12)17-8-11-5-3-4-6-14-11;1-9(2)10-6-12(15-8-14-10)17-7-11-13-4-5-16(11)3/h3-7,9-10H,8H2,1-2H3;4-6,8-9H,7H2,1-3H3. The van der Waals surface area contributed by atoms with Crippen LogP contribution in [0, 0.1) is 0 Å². The van der Waals surface area contributed by atoms with Gasteiger partial charge < -0.3 is 14.0 Å². The van der Waals surface area contributed by atoms with Gasteiger partial charge in [0, 0.05) is 37.8 Å². The van der Waals surface area contributed by atoms with Crippen LogP contribution < -0.4 is 9.47 Å². The van der Waals surface area contributed by atoms with Gasteiger partial charge in [-0.2, -0.15) is 0 Å². The van der Waals surface area contributed by atoms with Crippen molar-refractivity contribution in [2.45, 2.75) is 52.7 Å². The molecule has 0 aliphatic rings. The molecule has 0 spiro atoms. The van der Waals surface area contributed by atoms with E-state index in [9.17, 15) is 0 Å². The summed E-state index contributed by atoms with van der Waals surface area (Å²) < 4.78 is 13.1. The lowest BCUT2D eigenvalue weighted by Gasteiger charge is -2.07. The lowest BCUT2D eigenvalue weighted by Crippen LogP contribution is -2.05. The van der Waals surface area contributed by atoms with Crippen molar-refractivity contribution in [3.8, 4) is 11.8 Å². The van der Waals surface area contributed by atoms with E-state index >= 15 is 0 Å². The van der Waals surface area contributed by atoms with E-state index in [1.165, 1.54) is 12.7 Å². The van der Waals surface area contributed by atoms with Crippen LogP contribution in [0.4, 0.5) is 0 Å². The minimum Gasteiger partial charge on any atom is -0.471 e. The second kappa shape index (κ2) is 12.4. The lowest BCUT2D eigenvalue weighted by atomic mass is 10.1. The topological polar surface area (TPSA) is 101 Å². The van der Waals surface area contributed by atoms with Crippen molar-refractivity contribution in [1.82, 2.24) is 34.5 Å². The van der Waals surface area contributed by atoms with Gasteiger partial charge in [-0.1, -0.05) is 33.8 Å². The molecule has 0 aliphatic carbocycles. The van der Waals surface area contributed by atoms with Gasteiger partial charge in [0.25, 0.3) is 0 Å². The van der Waals surface area contributed by atoms with E-state index in [1.54, 1.807) is 12.4 Å². The first-order valence-electron chi connectivity index (χ1n) is 11.2. The van der Waals surface area contributed by atoms with Crippen molar-refractivity contribution < 1.29 is 9.47 Å². The molecule has 9 heteroatoms. The number of nitrogens with zero attached hydrogens (tertiary/aromatic N) is 7. The Morgan fingerprint density at radius 1 is 0.735 bits per heavy atom. The quantitative estimate of drug-likeness (QED) is 0.378. The van der Waals surface area contributed by atoms with Crippen LogP contribution in [0.25, 0.3) is 0 Å². The molecule has 4 rings (SSSR count). The number of hydrogen-bond acceptors (Lipinski definition) is 8. The summed E-state index contributed by atoms with van der Waals surface area (Å²) in [6, 6.07) is 9.47. The van der Waals surface area contributed by atoms with E-state index in [1.807, 2.05) is 48.1 Å². The smallest absolute Gasteiger partial charge is 0.216 e. The third-order valence-corrected chi connectivity index (χ3v) is 4.87. The molecule has 34 heavy (non-hydrogen) atoms. The zero-order chi connectivity index (χ0) is 24.3. The molecule has 4 heterocycles. The highest BCUT2D eigenvalue weighted by molar-refractivity contribution is 5.17. The Kier molecular flexibility index (Phi) is 9.02.